The van der Waals surface area contributed by atoms with Gasteiger partial charge in [0.2, 0.25) is 5.91 Å². The van der Waals surface area contributed by atoms with Crippen molar-refractivity contribution in [2.75, 3.05) is 45.0 Å². The van der Waals surface area contributed by atoms with E-state index in [-0.39, 0.29) is 29.9 Å². The Morgan fingerprint density at radius 3 is 2.70 bits per heavy atom. The molecule has 0 spiro atoms. The first-order valence-electron chi connectivity index (χ1n) is 7.11. The zero-order valence-electron chi connectivity index (χ0n) is 12.1. The zero-order chi connectivity index (χ0) is 14.5. The van der Waals surface area contributed by atoms with Crippen LogP contribution in [0, 0.1) is 0 Å². The van der Waals surface area contributed by atoms with E-state index in [1.54, 1.807) is 4.90 Å². The number of morpholine rings is 1. The highest BCUT2D eigenvalue weighted by Crippen LogP contribution is 2.16. The van der Waals surface area contributed by atoms with E-state index < -0.39 is 0 Å². The van der Waals surface area contributed by atoms with Crippen LogP contribution in [0.15, 0.2) is 0 Å². The van der Waals surface area contributed by atoms with E-state index in [9.17, 15) is 9.59 Å². The van der Waals surface area contributed by atoms with Crippen molar-refractivity contribution in [3.8, 4) is 0 Å². The highest BCUT2D eigenvalue weighted by atomic mass is 32.2. The minimum Gasteiger partial charge on any atom is -0.373 e. The van der Waals surface area contributed by atoms with Crippen molar-refractivity contribution in [3.63, 3.8) is 0 Å². The number of nitrogens with one attached hydrogen (secondary N) is 1. The van der Waals surface area contributed by atoms with Gasteiger partial charge >= 0.3 is 0 Å². The summed E-state index contributed by atoms with van der Waals surface area (Å²) in [6.07, 6.45) is 0.488. The Morgan fingerprint density at radius 1 is 1.40 bits per heavy atom. The van der Waals surface area contributed by atoms with Crippen molar-refractivity contribution in [1.29, 1.82) is 0 Å². The molecule has 0 saturated carbocycles. The van der Waals surface area contributed by atoms with Gasteiger partial charge < -0.3 is 15.0 Å². The Labute approximate surface area is 124 Å². The lowest BCUT2D eigenvalue weighted by molar-refractivity contribution is -0.121. The predicted molar refractivity (Wildman–Crippen MR) is 78.9 cm³/mol. The van der Waals surface area contributed by atoms with Crippen molar-refractivity contribution in [3.05, 3.63) is 0 Å². The molecule has 0 radical (unpaired) electrons. The Kier molecular flexibility index (Phi) is 5.68. The maximum absolute atomic E-state index is 11.8. The maximum atomic E-state index is 11.8. The lowest BCUT2D eigenvalue weighted by Crippen LogP contribution is -2.48. The fourth-order valence-electron chi connectivity index (χ4n) is 2.62. The molecule has 2 amide bonds. The van der Waals surface area contributed by atoms with E-state index >= 15 is 0 Å². The molecule has 2 saturated heterocycles. The summed E-state index contributed by atoms with van der Waals surface area (Å²) in [6, 6.07) is 0. The van der Waals surface area contributed by atoms with E-state index in [1.807, 2.05) is 0 Å². The number of rotatable bonds is 5. The Hall–Kier alpha value is -0.790. The molecule has 0 aromatic rings. The zero-order valence-corrected chi connectivity index (χ0v) is 12.9. The average Bonchev–Trinajstić information content (AvgIpc) is 2.73. The third-order valence-corrected chi connectivity index (χ3v) is 4.32. The van der Waals surface area contributed by atoms with Gasteiger partial charge in [0.1, 0.15) is 6.54 Å². The third kappa shape index (κ3) is 4.64. The smallest absolute Gasteiger partial charge is 0.282 e. The van der Waals surface area contributed by atoms with Crippen LogP contribution in [0.4, 0.5) is 4.79 Å². The molecule has 0 aromatic carbocycles. The number of hydrogen-bond acceptors (Lipinski definition) is 5. The molecule has 2 atom stereocenters. The van der Waals surface area contributed by atoms with E-state index in [0.29, 0.717) is 13.1 Å². The molecule has 0 unspecified atom stereocenters. The van der Waals surface area contributed by atoms with Gasteiger partial charge in [-0.05, 0) is 13.8 Å². The maximum Gasteiger partial charge on any atom is 0.282 e. The molecular formula is C13H23N3O3S. The summed E-state index contributed by atoms with van der Waals surface area (Å²) in [6.45, 7) is 8.25. The molecule has 0 aliphatic carbocycles. The van der Waals surface area contributed by atoms with E-state index in [2.05, 4.69) is 24.1 Å². The van der Waals surface area contributed by atoms with Gasteiger partial charge in [-0.25, -0.2) is 0 Å². The summed E-state index contributed by atoms with van der Waals surface area (Å²) in [7, 11) is 0. The van der Waals surface area contributed by atoms with E-state index in [4.69, 9.17) is 4.74 Å². The molecule has 2 aliphatic rings. The van der Waals surface area contributed by atoms with Crippen LogP contribution in [0.25, 0.3) is 0 Å². The van der Waals surface area contributed by atoms with Gasteiger partial charge in [0.15, 0.2) is 0 Å². The minimum absolute atomic E-state index is 0.0102. The first kappa shape index (κ1) is 15.6. The van der Waals surface area contributed by atoms with Crippen LogP contribution in [-0.4, -0.2) is 78.2 Å². The second kappa shape index (κ2) is 7.28. The Bertz CT molecular complexity index is 357. The van der Waals surface area contributed by atoms with Crippen molar-refractivity contribution < 1.29 is 14.3 Å². The van der Waals surface area contributed by atoms with Gasteiger partial charge in [-0.3, -0.25) is 14.5 Å². The number of nitrogens with zero attached hydrogens (tertiary/aromatic N) is 2. The van der Waals surface area contributed by atoms with Crippen molar-refractivity contribution in [2.45, 2.75) is 26.1 Å². The van der Waals surface area contributed by atoms with Crippen molar-refractivity contribution in [1.82, 2.24) is 15.1 Å². The second-order valence-corrected chi connectivity index (χ2v) is 6.45. The largest absolute Gasteiger partial charge is 0.373 e. The van der Waals surface area contributed by atoms with Gasteiger partial charge in [0.05, 0.1) is 12.2 Å². The molecule has 2 heterocycles. The monoisotopic (exact) mass is 301 g/mol. The van der Waals surface area contributed by atoms with Crippen LogP contribution in [-0.2, 0) is 9.53 Å². The average molecular weight is 301 g/mol. The number of thioether (sulfide) groups is 1. The third-order valence-electron chi connectivity index (χ3n) is 3.42. The topological polar surface area (TPSA) is 61.9 Å². The molecule has 2 fully saturated rings. The van der Waals surface area contributed by atoms with E-state index in [0.717, 1.165) is 25.4 Å². The van der Waals surface area contributed by atoms with Crippen LogP contribution in [0.1, 0.15) is 13.8 Å². The molecule has 20 heavy (non-hydrogen) atoms. The molecule has 114 valence electrons. The molecule has 1 N–H and O–H groups in total. The van der Waals surface area contributed by atoms with Crippen LogP contribution < -0.4 is 5.32 Å². The normalized spacial score (nSPS) is 27.9. The highest BCUT2D eigenvalue weighted by Gasteiger charge is 2.24. The van der Waals surface area contributed by atoms with Crippen LogP contribution in [0.5, 0.6) is 0 Å². The molecular weight excluding hydrogens is 278 g/mol. The van der Waals surface area contributed by atoms with Gasteiger partial charge in [0, 0.05) is 38.5 Å². The molecule has 7 heteroatoms. The first-order valence-corrected chi connectivity index (χ1v) is 8.09. The summed E-state index contributed by atoms with van der Waals surface area (Å²) >= 11 is 1.28. The molecule has 0 aromatic heterocycles. The number of ether oxygens (including phenoxy) is 1. The number of carbonyl (C=O) groups excluding carboxylic acids is 2. The summed E-state index contributed by atoms with van der Waals surface area (Å²) < 4.78 is 5.67. The lowest BCUT2D eigenvalue weighted by atomic mass is 10.2. The Morgan fingerprint density at radius 2 is 2.10 bits per heavy atom. The van der Waals surface area contributed by atoms with Crippen LogP contribution >= 0.6 is 11.8 Å². The fourth-order valence-corrected chi connectivity index (χ4v) is 3.44. The fraction of sp³-hybridized carbons (Fsp3) is 0.846. The summed E-state index contributed by atoms with van der Waals surface area (Å²) in [5.41, 5.74) is 0. The second-order valence-electron chi connectivity index (χ2n) is 5.40. The minimum atomic E-state index is -0.0739. The van der Waals surface area contributed by atoms with Gasteiger partial charge in [0.25, 0.3) is 5.24 Å². The number of amides is 2. The van der Waals surface area contributed by atoms with Gasteiger partial charge in [-0.1, -0.05) is 11.8 Å². The molecule has 2 rings (SSSR count). The summed E-state index contributed by atoms with van der Waals surface area (Å²) in [5.74, 6) is 0.713. The first-order chi connectivity index (χ1) is 9.54. The van der Waals surface area contributed by atoms with Crippen LogP contribution in [0.3, 0.4) is 0 Å². The lowest BCUT2D eigenvalue weighted by Gasteiger charge is -2.35. The van der Waals surface area contributed by atoms with E-state index in [1.165, 1.54) is 11.8 Å². The molecule has 2 aliphatic heterocycles. The van der Waals surface area contributed by atoms with Gasteiger partial charge in [-0.15, -0.1) is 0 Å². The summed E-state index contributed by atoms with van der Waals surface area (Å²) in [4.78, 5) is 27.0. The van der Waals surface area contributed by atoms with Crippen molar-refractivity contribution >= 4 is 22.9 Å². The molecule has 6 nitrogen and oxygen atoms in total. The number of hydrogen-bond donors (Lipinski definition) is 1. The van der Waals surface area contributed by atoms with Gasteiger partial charge in [-0.2, -0.15) is 0 Å². The summed E-state index contributed by atoms with van der Waals surface area (Å²) in [5, 5.41) is 2.89. The SMILES string of the molecule is C[C@@H]1CN(CCNC(=O)CN2CCSC2=O)C[C@@H](C)O1. The highest BCUT2D eigenvalue weighted by molar-refractivity contribution is 8.13. The predicted octanol–water partition coefficient (Wildman–Crippen LogP) is 0.381. The quantitative estimate of drug-likeness (QED) is 0.795. The molecule has 0 bridgehead atoms. The van der Waals surface area contributed by atoms with Crippen LogP contribution in [0.2, 0.25) is 0 Å². The number of carbonyl (C=O) groups is 2. The standard InChI is InChI=1S/C13H23N3O3S/c1-10-7-15(8-11(2)19-10)4-3-14-12(17)9-16-5-6-20-13(16)18/h10-11H,3-9H2,1-2H3,(H,14,17)/t10-,11-/m1/s1. The Balaban J connectivity index is 1.62. The van der Waals surface area contributed by atoms with Crippen molar-refractivity contribution in [2.24, 2.45) is 0 Å².